The van der Waals surface area contributed by atoms with Gasteiger partial charge < -0.3 is 21.5 Å². The third kappa shape index (κ3) is 5.74. The number of rotatable bonds is 7. The Morgan fingerprint density at radius 1 is 1.29 bits per heavy atom. The largest absolute Gasteiger partial charge is 0.480 e. The zero-order valence-corrected chi connectivity index (χ0v) is 12.3. The van der Waals surface area contributed by atoms with Gasteiger partial charge in [0.1, 0.15) is 6.04 Å². The number of anilines is 1. The monoisotopic (exact) mass is 311 g/mol. The summed E-state index contributed by atoms with van der Waals surface area (Å²) in [6.07, 6.45) is 2.20. The highest BCUT2D eigenvalue weighted by Gasteiger charge is 2.19. The summed E-state index contributed by atoms with van der Waals surface area (Å²) in [4.78, 5) is 33.6. The number of thioether (sulfide) groups is 1. The summed E-state index contributed by atoms with van der Waals surface area (Å²) in [5.74, 6) is -1.01. The lowest BCUT2D eigenvalue weighted by molar-refractivity contribution is -0.139. The Balaban J connectivity index is 2.59. The molecule has 114 valence electrons. The predicted molar refractivity (Wildman–Crippen MR) is 81.5 cm³/mol. The normalized spacial score (nSPS) is 11.5. The van der Waals surface area contributed by atoms with Gasteiger partial charge in [-0.3, -0.25) is 4.79 Å². The smallest absolute Gasteiger partial charge is 0.326 e. The number of nitrogens with two attached hydrogens (primary N) is 1. The summed E-state index contributed by atoms with van der Waals surface area (Å²) in [6.45, 7) is 0. The van der Waals surface area contributed by atoms with Crippen molar-refractivity contribution in [2.24, 2.45) is 5.73 Å². The van der Waals surface area contributed by atoms with Crippen LogP contribution in [0.4, 0.5) is 10.5 Å². The molecule has 0 bridgehead atoms. The van der Waals surface area contributed by atoms with Gasteiger partial charge >= 0.3 is 12.0 Å². The van der Waals surface area contributed by atoms with E-state index in [1.54, 1.807) is 0 Å². The van der Waals surface area contributed by atoms with Gasteiger partial charge in [-0.1, -0.05) is 0 Å². The van der Waals surface area contributed by atoms with E-state index in [0.717, 1.165) is 0 Å². The van der Waals surface area contributed by atoms with Gasteiger partial charge in [0.2, 0.25) is 5.91 Å². The lowest BCUT2D eigenvalue weighted by atomic mass is 10.2. The number of urea groups is 1. The standard InChI is InChI=1S/C13H17N3O4S/c1-21-7-6-10(12(18)19)16-13(20)15-9-4-2-8(3-5-9)11(14)17/h2-5,10H,6-7H2,1H3,(H2,14,17)(H,18,19)(H2,15,16,20)/t10-/m1/s1. The second kappa shape index (κ2) is 8.15. The summed E-state index contributed by atoms with van der Waals surface area (Å²) in [5.41, 5.74) is 5.86. The number of carbonyl (C=O) groups excluding carboxylic acids is 2. The SMILES string of the molecule is CSCC[C@@H](NC(=O)Nc1ccc(C(N)=O)cc1)C(=O)O. The molecule has 0 heterocycles. The molecule has 7 nitrogen and oxygen atoms in total. The van der Waals surface area contributed by atoms with Gasteiger partial charge in [0.05, 0.1) is 0 Å². The second-order valence-electron chi connectivity index (χ2n) is 4.21. The molecule has 0 radical (unpaired) electrons. The maximum absolute atomic E-state index is 11.7. The lowest BCUT2D eigenvalue weighted by Gasteiger charge is -2.14. The molecule has 0 aromatic heterocycles. The topological polar surface area (TPSA) is 122 Å². The fourth-order valence-corrected chi connectivity index (χ4v) is 2.01. The maximum atomic E-state index is 11.7. The van der Waals surface area contributed by atoms with Crippen molar-refractivity contribution in [3.05, 3.63) is 29.8 Å². The molecule has 21 heavy (non-hydrogen) atoms. The van der Waals surface area contributed by atoms with E-state index < -0.39 is 23.9 Å². The van der Waals surface area contributed by atoms with Gasteiger partial charge in [0.25, 0.3) is 0 Å². The Kier molecular flexibility index (Phi) is 6.54. The molecule has 0 saturated heterocycles. The van der Waals surface area contributed by atoms with Crippen LogP contribution in [0.5, 0.6) is 0 Å². The van der Waals surface area contributed by atoms with Gasteiger partial charge in [-0.2, -0.15) is 11.8 Å². The number of aliphatic carboxylic acids is 1. The van der Waals surface area contributed by atoms with Crippen LogP contribution in [-0.4, -0.2) is 41.1 Å². The van der Waals surface area contributed by atoms with Crippen molar-refractivity contribution in [1.29, 1.82) is 0 Å². The van der Waals surface area contributed by atoms with E-state index in [1.165, 1.54) is 36.0 Å². The number of carboxylic acids is 1. The lowest BCUT2D eigenvalue weighted by Crippen LogP contribution is -2.43. The van der Waals surface area contributed by atoms with Gasteiger partial charge in [-0.25, -0.2) is 9.59 Å². The molecule has 0 fully saturated rings. The van der Waals surface area contributed by atoms with E-state index in [9.17, 15) is 14.4 Å². The molecule has 0 aliphatic heterocycles. The first-order valence-electron chi connectivity index (χ1n) is 6.13. The molecule has 1 atom stereocenters. The van der Waals surface area contributed by atoms with Crippen LogP contribution >= 0.6 is 11.8 Å². The molecule has 0 aliphatic carbocycles. The van der Waals surface area contributed by atoms with Crippen LogP contribution in [0, 0.1) is 0 Å². The highest BCUT2D eigenvalue weighted by molar-refractivity contribution is 7.98. The fourth-order valence-electron chi connectivity index (χ4n) is 1.54. The Labute approximate surface area is 126 Å². The van der Waals surface area contributed by atoms with E-state index in [-0.39, 0.29) is 0 Å². The van der Waals surface area contributed by atoms with Crippen molar-refractivity contribution in [3.8, 4) is 0 Å². The van der Waals surface area contributed by atoms with Gasteiger partial charge in [0, 0.05) is 11.3 Å². The average molecular weight is 311 g/mol. The second-order valence-corrected chi connectivity index (χ2v) is 5.20. The van der Waals surface area contributed by atoms with E-state index in [1.807, 2.05) is 6.26 Å². The van der Waals surface area contributed by atoms with Crippen molar-refractivity contribution >= 4 is 35.4 Å². The molecular weight excluding hydrogens is 294 g/mol. The minimum Gasteiger partial charge on any atom is -0.480 e. The molecule has 0 aliphatic rings. The van der Waals surface area contributed by atoms with Crippen LogP contribution in [0.15, 0.2) is 24.3 Å². The molecule has 8 heteroatoms. The van der Waals surface area contributed by atoms with Crippen molar-refractivity contribution in [2.45, 2.75) is 12.5 Å². The molecule has 5 N–H and O–H groups in total. The minimum absolute atomic E-state index is 0.323. The molecule has 0 unspecified atom stereocenters. The summed E-state index contributed by atoms with van der Waals surface area (Å²) in [7, 11) is 0. The van der Waals surface area contributed by atoms with E-state index in [0.29, 0.717) is 23.4 Å². The summed E-state index contributed by atoms with van der Waals surface area (Å²) >= 11 is 1.50. The first-order valence-corrected chi connectivity index (χ1v) is 7.52. The average Bonchev–Trinajstić information content (AvgIpc) is 2.43. The van der Waals surface area contributed by atoms with Crippen LogP contribution in [0.2, 0.25) is 0 Å². The van der Waals surface area contributed by atoms with Crippen molar-refractivity contribution < 1.29 is 19.5 Å². The van der Waals surface area contributed by atoms with Crippen LogP contribution in [-0.2, 0) is 4.79 Å². The number of primary amides is 1. The molecule has 0 saturated carbocycles. The van der Waals surface area contributed by atoms with E-state index >= 15 is 0 Å². The van der Waals surface area contributed by atoms with E-state index in [2.05, 4.69) is 10.6 Å². The van der Waals surface area contributed by atoms with Crippen LogP contribution in [0.3, 0.4) is 0 Å². The summed E-state index contributed by atoms with van der Waals surface area (Å²) in [6, 6.07) is 4.41. The van der Waals surface area contributed by atoms with Crippen LogP contribution in [0.1, 0.15) is 16.8 Å². The molecule has 1 rings (SSSR count). The molecule has 1 aromatic carbocycles. The summed E-state index contributed by atoms with van der Waals surface area (Å²) in [5, 5.41) is 13.9. The zero-order valence-electron chi connectivity index (χ0n) is 11.5. The van der Waals surface area contributed by atoms with Crippen molar-refractivity contribution in [3.63, 3.8) is 0 Å². The number of carboxylic acid groups (broad SMARTS) is 1. The molecule has 0 spiro atoms. The zero-order chi connectivity index (χ0) is 15.8. The maximum Gasteiger partial charge on any atom is 0.326 e. The third-order valence-corrected chi connectivity index (χ3v) is 3.29. The number of carbonyl (C=O) groups is 3. The van der Waals surface area contributed by atoms with Crippen LogP contribution in [0.25, 0.3) is 0 Å². The molecule has 1 aromatic rings. The number of nitrogens with one attached hydrogen (secondary N) is 2. The van der Waals surface area contributed by atoms with Gasteiger partial charge in [-0.15, -0.1) is 0 Å². The van der Waals surface area contributed by atoms with E-state index in [4.69, 9.17) is 10.8 Å². The Morgan fingerprint density at radius 2 is 1.90 bits per heavy atom. The first kappa shape index (κ1) is 16.8. The quantitative estimate of drug-likeness (QED) is 0.601. The van der Waals surface area contributed by atoms with Gasteiger partial charge in [0.15, 0.2) is 0 Å². The van der Waals surface area contributed by atoms with Gasteiger partial charge in [-0.05, 0) is 42.7 Å². The summed E-state index contributed by atoms with van der Waals surface area (Å²) < 4.78 is 0. The number of benzene rings is 1. The first-order chi connectivity index (χ1) is 9.93. The third-order valence-electron chi connectivity index (χ3n) is 2.64. The van der Waals surface area contributed by atoms with Crippen molar-refractivity contribution in [1.82, 2.24) is 5.32 Å². The number of hydrogen-bond donors (Lipinski definition) is 4. The number of hydrogen-bond acceptors (Lipinski definition) is 4. The Bertz CT molecular complexity index is 519. The molecule has 3 amide bonds. The Hall–Kier alpha value is -2.22. The van der Waals surface area contributed by atoms with Crippen molar-refractivity contribution in [2.75, 3.05) is 17.3 Å². The fraction of sp³-hybridized carbons (Fsp3) is 0.308. The predicted octanol–water partition coefficient (Wildman–Crippen LogP) is 1.11. The number of amides is 3. The minimum atomic E-state index is -1.08. The highest BCUT2D eigenvalue weighted by Crippen LogP contribution is 2.09. The highest BCUT2D eigenvalue weighted by atomic mass is 32.2. The Morgan fingerprint density at radius 3 is 2.38 bits per heavy atom. The van der Waals surface area contributed by atoms with Crippen LogP contribution < -0.4 is 16.4 Å². The molecular formula is C13H17N3O4S.